The van der Waals surface area contributed by atoms with E-state index in [4.69, 9.17) is 4.52 Å². The van der Waals surface area contributed by atoms with Crippen LogP contribution in [0.2, 0.25) is 0 Å². The summed E-state index contributed by atoms with van der Waals surface area (Å²) < 4.78 is 30.8. The molecular formula is C19H33N5O4S. The van der Waals surface area contributed by atoms with Crippen molar-refractivity contribution < 1.29 is 17.7 Å². The Hall–Kier alpha value is -1.52. The summed E-state index contributed by atoms with van der Waals surface area (Å²) in [7, 11) is -3.18. The lowest BCUT2D eigenvalue weighted by Gasteiger charge is -2.38. The molecule has 10 heteroatoms. The minimum Gasteiger partial charge on any atom is -0.350 e. The number of aromatic nitrogens is 2. The van der Waals surface area contributed by atoms with E-state index >= 15 is 0 Å². The molecule has 0 saturated carbocycles. The lowest BCUT2D eigenvalue weighted by molar-refractivity contribution is -0.124. The lowest BCUT2D eigenvalue weighted by atomic mass is 9.77. The quantitative estimate of drug-likeness (QED) is 0.732. The number of sulfonamides is 1. The highest BCUT2D eigenvalue weighted by Gasteiger charge is 2.49. The number of carbonyl (C=O) groups excluding carboxylic acids is 1. The van der Waals surface area contributed by atoms with Crippen molar-refractivity contribution in [1.29, 1.82) is 0 Å². The van der Waals surface area contributed by atoms with Crippen molar-refractivity contribution in [3.8, 4) is 0 Å². The normalized spacial score (nSPS) is 23.6. The first-order chi connectivity index (χ1) is 13.4. The molecule has 1 aromatic rings. The molecule has 2 aliphatic rings. The molecule has 1 aromatic heterocycles. The van der Waals surface area contributed by atoms with Crippen LogP contribution in [-0.4, -0.2) is 71.6 Å². The van der Waals surface area contributed by atoms with E-state index in [0.29, 0.717) is 24.8 Å². The second-order valence-electron chi connectivity index (χ2n) is 9.25. The van der Waals surface area contributed by atoms with Crippen LogP contribution in [0.4, 0.5) is 0 Å². The summed E-state index contributed by atoms with van der Waals surface area (Å²) >= 11 is 0. The molecule has 2 fully saturated rings. The molecule has 0 radical (unpaired) electrons. The summed E-state index contributed by atoms with van der Waals surface area (Å²) in [6.07, 6.45) is 4.42. The van der Waals surface area contributed by atoms with Gasteiger partial charge in [-0.15, -0.1) is 0 Å². The van der Waals surface area contributed by atoms with Crippen LogP contribution in [0.5, 0.6) is 0 Å². The molecule has 3 rings (SSSR count). The van der Waals surface area contributed by atoms with Crippen LogP contribution in [0.15, 0.2) is 4.52 Å². The van der Waals surface area contributed by atoms with Crippen molar-refractivity contribution in [2.24, 2.45) is 5.41 Å². The fourth-order valence-electron chi connectivity index (χ4n) is 4.35. The van der Waals surface area contributed by atoms with Crippen molar-refractivity contribution in [2.45, 2.75) is 65.0 Å². The van der Waals surface area contributed by atoms with Gasteiger partial charge in [0.25, 0.3) is 0 Å². The highest BCUT2D eigenvalue weighted by Crippen LogP contribution is 2.48. The minimum atomic E-state index is -3.18. The molecule has 1 unspecified atom stereocenters. The van der Waals surface area contributed by atoms with Gasteiger partial charge in [-0.2, -0.15) is 4.98 Å². The summed E-state index contributed by atoms with van der Waals surface area (Å²) in [4.78, 5) is 19.2. The number of piperidine rings is 1. The maximum Gasteiger partial charge on any atom is 0.244 e. The third-order valence-corrected chi connectivity index (χ3v) is 7.70. The molecule has 0 bridgehead atoms. The molecule has 29 heavy (non-hydrogen) atoms. The second kappa shape index (κ2) is 7.96. The zero-order valence-electron chi connectivity index (χ0n) is 18.1. The van der Waals surface area contributed by atoms with E-state index in [9.17, 15) is 13.2 Å². The molecule has 0 aromatic carbocycles. The Labute approximate surface area is 173 Å². The van der Waals surface area contributed by atoms with Crippen LogP contribution in [0, 0.1) is 12.3 Å². The molecule has 1 N–H and O–H groups in total. The molecule has 9 nitrogen and oxygen atoms in total. The van der Waals surface area contributed by atoms with Crippen LogP contribution in [0.1, 0.15) is 64.2 Å². The average Bonchev–Trinajstić information content (AvgIpc) is 3.18. The summed E-state index contributed by atoms with van der Waals surface area (Å²) in [5, 5.41) is 7.02. The van der Waals surface area contributed by atoms with Gasteiger partial charge in [-0.1, -0.05) is 12.1 Å². The molecular weight excluding hydrogens is 394 g/mol. The number of aryl methyl sites for hydroxylation is 1. The number of rotatable bonds is 6. The molecule has 1 atom stereocenters. The fraction of sp³-hybridized carbons (Fsp3) is 0.842. The lowest BCUT2D eigenvalue weighted by Crippen LogP contribution is -2.48. The first-order valence-electron chi connectivity index (χ1n) is 10.2. The Morgan fingerprint density at radius 1 is 1.34 bits per heavy atom. The van der Waals surface area contributed by atoms with Gasteiger partial charge in [0.2, 0.25) is 21.8 Å². The van der Waals surface area contributed by atoms with Gasteiger partial charge in [-0.25, -0.2) is 12.7 Å². The van der Waals surface area contributed by atoms with Crippen molar-refractivity contribution in [2.75, 3.05) is 32.4 Å². The topological polar surface area (TPSA) is 109 Å². The van der Waals surface area contributed by atoms with Gasteiger partial charge in [0.05, 0.1) is 18.8 Å². The van der Waals surface area contributed by atoms with Gasteiger partial charge in [0.1, 0.15) is 0 Å². The molecule has 0 aliphatic carbocycles. The predicted molar refractivity (Wildman–Crippen MR) is 109 cm³/mol. The number of amides is 1. The maximum absolute atomic E-state index is 12.7. The van der Waals surface area contributed by atoms with Gasteiger partial charge in [-0.3, -0.25) is 9.69 Å². The van der Waals surface area contributed by atoms with E-state index in [1.807, 2.05) is 20.8 Å². The largest absolute Gasteiger partial charge is 0.350 e. The summed E-state index contributed by atoms with van der Waals surface area (Å²) in [6, 6.07) is -0.128. The number of nitrogens with one attached hydrogen (secondary N) is 1. The van der Waals surface area contributed by atoms with Crippen LogP contribution in [0.3, 0.4) is 0 Å². The van der Waals surface area contributed by atoms with Crippen molar-refractivity contribution in [3.05, 3.63) is 11.7 Å². The Morgan fingerprint density at radius 3 is 2.52 bits per heavy atom. The summed E-state index contributed by atoms with van der Waals surface area (Å²) in [5.41, 5.74) is -0.305. The van der Waals surface area contributed by atoms with Crippen LogP contribution in [0.25, 0.3) is 0 Å². The van der Waals surface area contributed by atoms with Gasteiger partial charge >= 0.3 is 0 Å². The highest BCUT2D eigenvalue weighted by molar-refractivity contribution is 7.88. The second-order valence-corrected chi connectivity index (χ2v) is 11.2. The number of carbonyl (C=O) groups is 1. The Bertz CT molecular complexity index is 843. The van der Waals surface area contributed by atoms with Gasteiger partial charge in [-0.05, 0) is 51.9 Å². The molecule has 2 aliphatic heterocycles. The van der Waals surface area contributed by atoms with E-state index < -0.39 is 10.0 Å². The molecule has 1 spiro atoms. The third-order valence-electron chi connectivity index (χ3n) is 6.39. The monoisotopic (exact) mass is 427 g/mol. The Morgan fingerprint density at radius 2 is 2.00 bits per heavy atom. The van der Waals surface area contributed by atoms with Gasteiger partial charge < -0.3 is 9.84 Å². The predicted octanol–water partition coefficient (Wildman–Crippen LogP) is 1.47. The van der Waals surface area contributed by atoms with Crippen molar-refractivity contribution >= 4 is 15.9 Å². The van der Waals surface area contributed by atoms with Crippen molar-refractivity contribution in [3.63, 3.8) is 0 Å². The molecule has 164 valence electrons. The zero-order valence-corrected chi connectivity index (χ0v) is 18.9. The van der Waals surface area contributed by atoms with Gasteiger partial charge in [0.15, 0.2) is 5.82 Å². The summed E-state index contributed by atoms with van der Waals surface area (Å²) in [5.74, 6) is 1.08. The minimum absolute atomic E-state index is 0.0243. The summed E-state index contributed by atoms with van der Waals surface area (Å²) in [6.45, 7) is 9.85. The van der Waals surface area contributed by atoms with Gasteiger partial charge in [0, 0.05) is 25.2 Å². The number of hydrogen-bond acceptors (Lipinski definition) is 7. The van der Waals surface area contributed by atoms with Crippen LogP contribution >= 0.6 is 0 Å². The first-order valence-corrected chi connectivity index (χ1v) is 12.1. The SMILES string of the molecule is CCC(C)(C)NC(=O)CN1CC2(CCN(S(C)(=O)=O)CC2)CC1c1nc(C)no1. The smallest absolute Gasteiger partial charge is 0.244 e. The standard InChI is InChI=1S/C19H33N5O4S/c1-6-18(3,4)21-16(25)12-23-13-19(7-9-24(10-8-19)29(5,26)27)11-15(23)17-20-14(2)22-28-17/h15H,6-13H2,1-5H3,(H,21,25). The third kappa shape index (κ3) is 5.16. The maximum atomic E-state index is 12.7. The van der Waals surface area contributed by atoms with E-state index in [0.717, 1.165) is 32.2 Å². The van der Waals surface area contributed by atoms with E-state index in [-0.39, 0.29) is 29.4 Å². The molecule has 3 heterocycles. The van der Waals surface area contributed by atoms with E-state index in [2.05, 4.69) is 20.4 Å². The highest BCUT2D eigenvalue weighted by atomic mass is 32.2. The number of likely N-dealkylation sites (tertiary alicyclic amines) is 1. The Kier molecular flexibility index (Phi) is 6.08. The zero-order chi connectivity index (χ0) is 21.4. The molecule has 2 saturated heterocycles. The van der Waals surface area contributed by atoms with E-state index in [1.54, 1.807) is 11.2 Å². The van der Waals surface area contributed by atoms with E-state index in [1.165, 1.54) is 6.26 Å². The number of hydrogen-bond donors (Lipinski definition) is 1. The Balaban J connectivity index is 1.76. The van der Waals surface area contributed by atoms with Crippen LogP contribution < -0.4 is 5.32 Å². The first kappa shape index (κ1) is 22.2. The van der Waals surface area contributed by atoms with Crippen LogP contribution in [-0.2, 0) is 14.8 Å². The fourth-order valence-corrected chi connectivity index (χ4v) is 5.19. The van der Waals surface area contributed by atoms with Crippen molar-refractivity contribution in [1.82, 2.24) is 24.7 Å². The molecule has 1 amide bonds. The average molecular weight is 428 g/mol. The number of nitrogens with zero attached hydrogens (tertiary/aromatic N) is 4.